The van der Waals surface area contributed by atoms with Gasteiger partial charge in [0.05, 0.1) is 6.33 Å². The maximum atomic E-state index is 12.6. The summed E-state index contributed by atoms with van der Waals surface area (Å²) in [7, 11) is 0.0499. The van der Waals surface area contributed by atoms with Crippen molar-refractivity contribution in [2.75, 3.05) is 26.7 Å². The third-order valence-corrected chi connectivity index (χ3v) is 5.88. The molecule has 0 saturated carbocycles. The molecule has 1 aromatic heterocycles. The summed E-state index contributed by atoms with van der Waals surface area (Å²) in [6, 6.07) is -0.0874. The molecule has 1 aromatic rings. The van der Waals surface area contributed by atoms with E-state index >= 15 is 0 Å². The number of nitrogens with zero attached hydrogens (tertiary/aromatic N) is 4. The first-order chi connectivity index (χ1) is 8.84. The molecule has 1 aliphatic rings. The Morgan fingerprint density at radius 2 is 2.05 bits per heavy atom. The van der Waals surface area contributed by atoms with Crippen LogP contribution in [0.1, 0.15) is 13.3 Å². The van der Waals surface area contributed by atoms with Crippen LogP contribution in [0.2, 0.25) is 5.15 Å². The molecule has 0 spiro atoms. The van der Waals surface area contributed by atoms with E-state index in [-0.39, 0.29) is 16.2 Å². The molecule has 0 bridgehead atoms. The van der Waals surface area contributed by atoms with Gasteiger partial charge in [0, 0.05) is 26.2 Å². The lowest BCUT2D eigenvalue weighted by Crippen LogP contribution is -2.42. The lowest BCUT2D eigenvalue weighted by Gasteiger charge is -2.26. The Balaban J connectivity index is 2.36. The molecular weight excluding hydrogens is 288 g/mol. The predicted octanol–water partition coefficient (Wildman–Crippen LogP) is 0.788. The van der Waals surface area contributed by atoms with Crippen molar-refractivity contribution in [3.05, 3.63) is 11.5 Å². The molecule has 0 amide bonds. The van der Waals surface area contributed by atoms with Crippen molar-refractivity contribution in [3.63, 3.8) is 0 Å². The number of rotatable bonds is 2. The van der Waals surface area contributed by atoms with E-state index in [2.05, 4.69) is 9.88 Å². The van der Waals surface area contributed by atoms with E-state index in [1.54, 1.807) is 7.05 Å². The molecule has 1 fully saturated rings. The molecule has 2 heterocycles. The summed E-state index contributed by atoms with van der Waals surface area (Å²) in [5, 5.41) is 0.109. The largest absolute Gasteiger partial charge is 0.324 e. The number of likely N-dealkylation sites (N-methyl/N-ethyl adjacent to an activating group) is 1. The standard InChI is InChI=1S/C11H19ClN4O2S/c1-9-7-14(2)5-4-6-16(9)19(17,18)11-10(12)15(3)8-13-11/h8-9H,4-7H2,1-3H3. The molecule has 1 unspecified atom stereocenters. The molecule has 0 N–H and O–H groups in total. The Bertz CT molecular complexity index is 557. The van der Waals surface area contributed by atoms with E-state index in [0.29, 0.717) is 13.1 Å². The third kappa shape index (κ3) is 2.79. The zero-order valence-corrected chi connectivity index (χ0v) is 12.9. The predicted molar refractivity (Wildman–Crippen MR) is 73.7 cm³/mol. The molecule has 0 radical (unpaired) electrons. The molecule has 2 rings (SSSR count). The molecule has 108 valence electrons. The summed E-state index contributed by atoms with van der Waals surface area (Å²) in [5.74, 6) is 0. The minimum atomic E-state index is -3.63. The highest BCUT2D eigenvalue weighted by Gasteiger charge is 2.34. The molecule has 0 aliphatic carbocycles. The highest BCUT2D eigenvalue weighted by molar-refractivity contribution is 7.89. The fraction of sp³-hybridized carbons (Fsp3) is 0.727. The van der Waals surface area contributed by atoms with E-state index < -0.39 is 10.0 Å². The van der Waals surface area contributed by atoms with Gasteiger partial charge in [0.1, 0.15) is 5.15 Å². The molecule has 0 aromatic carbocycles. The second kappa shape index (κ2) is 5.40. The number of hydrogen-bond donors (Lipinski definition) is 0. The van der Waals surface area contributed by atoms with E-state index in [1.165, 1.54) is 15.2 Å². The fourth-order valence-corrected chi connectivity index (χ4v) is 4.44. The Labute approximate surface area is 119 Å². The molecule has 1 aliphatic heterocycles. The van der Waals surface area contributed by atoms with Gasteiger partial charge in [0.2, 0.25) is 5.03 Å². The first-order valence-electron chi connectivity index (χ1n) is 6.21. The summed E-state index contributed by atoms with van der Waals surface area (Å²) < 4.78 is 28.3. The Hall–Kier alpha value is -0.630. The van der Waals surface area contributed by atoms with Crippen molar-refractivity contribution >= 4 is 21.6 Å². The molecule has 1 atom stereocenters. The minimum absolute atomic E-state index is 0.0481. The quantitative estimate of drug-likeness (QED) is 0.810. The van der Waals surface area contributed by atoms with Crippen molar-refractivity contribution in [2.45, 2.75) is 24.4 Å². The highest BCUT2D eigenvalue weighted by atomic mass is 35.5. The van der Waals surface area contributed by atoms with Crippen LogP contribution in [0.4, 0.5) is 0 Å². The van der Waals surface area contributed by atoms with E-state index in [4.69, 9.17) is 11.6 Å². The van der Waals surface area contributed by atoms with Gasteiger partial charge in [-0.3, -0.25) is 0 Å². The van der Waals surface area contributed by atoms with Gasteiger partial charge in [-0.05, 0) is 26.9 Å². The number of imidazole rings is 1. The van der Waals surface area contributed by atoms with Crippen LogP contribution in [0.5, 0.6) is 0 Å². The summed E-state index contributed by atoms with van der Waals surface area (Å²) in [6.07, 6.45) is 2.23. The monoisotopic (exact) mass is 306 g/mol. The van der Waals surface area contributed by atoms with Gasteiger partial charge in [0.15, 0.2) is 0 Å². The van der Waals surface area contributed by atoms with Crippen LogP contribution in [0.25, 0.3) is 0 Å². The van der Waals surface area contributed by atoms with E-state index in [0.717, 1.165) is 13.0 Å². The average molecular weight is 307 g/mol. The van der Waals surface area contributed by atoms with Crippen molar-refractivity contribution in [1.29, 1.82) is 0 Å². The number of halogens is 1. The van der Waals surface area contributed by atoms with E-state index in [9.17, 15) is 8.42 Å². The second-order valence-corrected chi connectivity index (χ2v) is 7.20. The zero-order valence-electron chi connectivity index (χ0n) is 11.4. The second-order valence-electron chi connectivity index (χ2n) is 5.03. The third-order valence-electron chi connectivity index (χ3n) is 3.37. The highest BCUT2D eigenvalue weighted by Crippen LogP contribution is 2.25. The lowest BCUT2D eigenvalue weighted by atomic mass is 10.3. The summed E-state index contributed by atoms with van der Waals surface area (Å²) in [4.78, 5) is 6.07. The molecular formula is C11H19ClN4O2S. The maximum Gasteiger partial charge on any atom is 0.263 e. The van der Waals surface area contributed by atoms with Gasteiger partial charge in [0.25, 0.3) is 10.0 Å². The van der Waals surface area contributed by atoms with Crippen LogP contribution in [-0.2, 0) is 17.1 Å². The smallest absolute Gasteiger partial charge is 0.263 e. The fourth-order valence-electron chi connectivity index (χ4n) is 2.39. The Morgan fingerprint density at radius 1 is 1.37 bits per heavy atom. The number of aryl methyl sites for hydroxylation is 1. The SMILES string of the molecule is CC1CN(C)CCCN1S(=O)(=O)c1ncn(C)c1Cl. The first kappa shape index (κ1) is 14.8. The van der Waals surface area contributed by atoms with Crippen LogP contribution in [0.3, 0.4) is 0 Å². The molecule has 1 saturated heterocycles. The number of hydrogen-bond acceptors (Lipinski definition) is 4. The maximum absolute atomic E-state index is 12.6. The summed E-state index contributed by atoms with van der Waals surface area (Å²) in [6.45, 7) is 4.02. The molecule has 19 heavy (non-hydrogen) atoms. The topological polar surface area (TPSA) is 58.4 Å². The van der Waals surface area contributed by atoms with Gasteiger partial charge >= 0.3 is 0 Å². The van der Waals surface area contributed by atoms with Gasteiger partial charge in [-0.15, -0.1) is 0 Å². The number of sulfonamides is 1. The van der Waals surface area contributed by atoms with Crippen molar-refractivity contribution in [2.24, 2.45) is 7.05 Å². The van der Waals surface area contributed by atoms with Gasteiger partial charge in [-0.1, -0.05) is 11.6 Å². The van der Waals surface area contributed by atoms with Crippen LogP contribution >= 0.6 is 11.6 Å². The molecule has 8 heteroatoms. The van der Waals surface area contributed by atoms with Crippen molar-refractivity contribution in [1.82, 2.24) is 18.8 Å². The molecule has 6 nitrogen and oxygen atoms in total. The zero-order chi connectivity index (χ0) is 14.2. The van der Waals surface area contributed by atoms with Crippen LogP contribution in [0.15, 0.2) is 11.4 Å². The van der Waals surface area contributed by atoms with Crippen LogP contribution in [-0.4, -0.2) is 59.9 Å². The van der Waals surface area contributed by atoms with Crippen molar-refractivity contribution < 1.29 is 8.42 Å². The van der Waals surface area contributed by atoms with Gasteiger partial charge in [-0.2, -0.15) is 4.31 Å². The summed E-state index contributed by atoms with van der Waals surface area (Å²) >= 11 is 6.01. The van der Waals surface area contributed by atoms with E-state index in [1.807, 2.05) is 14.0 Å². The normalized spacial score (nSPS) is 23.5. The lowest BCUT2D eigenvalue weighted by molar-refractivity contribution is 0.290. The van der Waals surface area contributed by atoms with Crippen LogP contribution in [0, 0.1) is 0 Å². The Kier molecular flexibility index (Phi) is 4.20. The number of aromatic nitrogens is 2. The minimum Gasteiger partial charge on any atom is -0.324 e. The first-order valence-corrected chi connectivity index (χ1v) is 8.03. The van der Waals surface area contributed by atoms with Crippen LogP contribution < -0.4 is 0 Å². The average Bonchev–Trinajstić information content (AvgIpc) is 2.55. The summed E-state index contributed by atoms with van der Waals surface area (Å²) in [5.41, 5.74) is 0. The van der Waals surface area contributed by atoms with Gasteiger partial charge in [-0.25, -0.2) is 13.4 Å². The van der Waals surface area contributed by atoms with Crippen molar-refractivity contribution in [3.8, 4) is 0 Å². The Morgan fingerprint density at radius 3 is 2.63 bits per heavy atom. The van der Waals surface area contributed by atoms with Gasteiger partial charge < -0.3 is 9.47 Å².